The molecule has 1 aromatic carbocycles. The first kappa shape index (κ1) is 14.4. The van der Waals surface area contributed by atoms with Gasteiger partial charge in [0.25, 0.3) is 5.91 Å². The highest BCUT2D eigenvalue weighted by molar-refractivity contribution is 7.80. The number of carbonyl (C=O) groups excluding carboxylic acids is 1. The summed E-state index contributed by atoms with van der Waals surface area (Å²) in [6.45, 7) is 1.78. The fourth-order valence-electron chi connectivity index (χ4n) is 1.46. The molecular formula is C12H15NO4S. The van der Waals surface area contributed by atoms with Gasteiger partial charge in [-0.15, -0.1) is 0 Å². The van der Waals surface area contributed by atoms with E-state index in [-0.39, 0.29) is 17.7 Å². The third kappa shape index (κ3) is 3.66. The van der Waals surface area contributed by atoms with Gasteiger partial charge in [-0.25, -0.2) is 4.79 Å². The van der Waals surface area contributed by atoms with Crippen molar-refractivity contribution in [3.63, 3.8) is 0 Å². The molecule has 0 radical (unpaired) electrons. The van der Waals surface area contributed by atoms with Crippen LogP contribution in [0.5, 0.6) is 5.75 Å². The maximum Gasteiger partial charge on any atom is 0.326 e. The summed E-state index contributed by atoms with van der Waals surface area (Å²) in [5.74, 6) is -1.55. The fraction of sp³-hybridized carbons (Fsp3) is 0.333. The van der Waals surface area contributed by atoms with Crippen LogP contribution >= 0.6 is 12.6 Å². The molecule has 1 atom stereocenters. The van der Waals surface area contributed by atoms with Crippen molar-refractivity contribution in [2.24, 2.45) is 0 Å². The van der Waals surface area contributed by atoms with Gasteiger partial charge in [0, 0.05) is 0 Å². The first-order chi connectivity index (χ1) is 8.45. The number of benzene rings is 1. The number of phenolic OH excluding ortho intramolecular Hbond substituents is 1. The molecule has 6 heteroatoms. The normalized spacial score (nSPS) is 11.9. The Labute approximate surface area is 110 Å². The number of aryl methyl sites for hydroxylation is 1. The molecule has 0 aliphatic rings. The van der Waals surface area contributed by atoms with Crippen LogP contribution in [0.1, 0.15) is 22.3 Å². The Morgan fingerprint density at radius 3 is 2.61 bits per heavy atom. The topological polar surface area (TPSA) is 86.6 Å². The Morgan fingerprint density at radius 1 is 1.44 bits per heavy atom. The molecule has 1 rings (SSSR count). The maximum atomic E-state index is 11.8. The fourth-order valence-corrected chi connectivity index (χ4v) is 1.71. The van der Waals surface area contributed by atoms with E-state index in [0.717, 1.165) is 5.56 Å². The van der Waals surface area contributed by atoms with Crippen LogP contribution < -0.4 is 5.32 Å². The number of rotatable bonds is 5. The van der Waals surface area contributed by atoms with Gasteiger partial charge in [-0.1, -0.05) is 6.07 Å². The number of thiol groups is 1. The summed E-state index contributed by atoms with van der Waals surface area (Å²) in [4.78, 5) is 22.7. The first-order valence-electron chi connectivity index (χ1n) is 5.40. The van der Waals surface area contributed by atoms with Crippen LogP contribution in [-0.4, -0.2) is 33.9 Å². The molecule has 0 spiro atoms. The van der Waals surface area contributed by atoms with Gasteiger partial charge in [0.2, 0.25) is 0 Å². The predicted molar refractivity (Wildman–Crippen MR) is 70.2 cm³/mol. The van der Waals surface area contributed by atoms with E-state index in [0.29, 0.717) is 5.75 Å². The molecule has 5 nitrogen and oxygen atoms in total. The zero-order chi connectivity index (χ0) is 13.7. The highest BCUT2D eigenvalue weighted by Gasteiger charge is 2.21. The number of carboxylic acid groups (broad SMARTS) is 1. The van der Waals surface area contributed by atoms with E-state index in [1.54, 1.807) is 13.0 Å². The molecule has 0 aromatic heterocycles. The van der Waals surface area contributed by atoms with Crippen molar-refractivity contribution in [1.29, 1.82) is 0 Å². The third-order valence-electron chi connectivity index (χ3n) is 2.42. The second-order valence-corrected chi connectivity index (χ2v) is 4.34. The van der Waals surface area contributed by atoms with Gasteiger partial charge in [0.05, 0.1) is 5.56 Å². The molecule has 1 aromatic rings. The first-order valence-corrected chi connectivity index (χ1v) is 6.03. The number of nitrogens with one attached hydrogen (secondary N) is 1. The van der Waals surface area contributed by atoms with Crippen molar-refractivity contribution < 1.29 is 19.8 Å². The van der Waals surface area contributed by atoms with Crippen LogP contribution in [0.2, 0.25) is 0 Å². The highest BCUT2D eigenvalue weighted by Crippen LogP contribution is 2.18. The number of aromatic hydroxyl groups is 1. The lowest BCUT2D eigenvalue weighted by molar-refractivity contribution is -0.139. The van der Waals surface area contributed by atoms with Gasteiger partial charge < -0.3 is 15.5 Å². The zero-order valence-electron chi connectivity index (χ0n) is 9.88. The minimum Gasteiger partial charge on any atom is -0.507 e. The predicted octanol–water partition coefficient (Wildman–Crippen LogP) is 1.20. The molecule has 0 fully saturated rings. The number of hydrogen-bond donors (Lipinski definition) is 4. The van der Waals surface area contributed by atoms with Crippen molar-refractivity contribution in [2.75, 3.05) is 5.75 Å². The largest absolute Gasteiger partial charge is 0.507 e. The van der Waals surface area contributed by atoms with Crippen molar-refractivity contribution in [2.45, 2.75) is 19.4 Å². The molecular weight excluding hydrogens is 254 g/mol. The molecule has 3 N–H and O–H groups in total. The summed E-state index contributed by atoms with van der Waals surface area (Å²) < 4.78 is 0. The van der Waals surface area contributed by atoms with E-state index < -0.39 is 17.9 Å². The van der Waals surface area contributed by atoms with Gasteiger partial charge >= 0.3 is 5.97 Å². The Kier molecular flexibility index (Phi) is 5.03. The van der Waals surface area contributed by atoms with E-state index >= 15 is 0 Å². The molecule has 0 bridgehead atoms. The Bertz CT molecular complexity index is 461. The van der Waals surface area contributed by atoms with Crippen LogP contribution in [0.25, 0.3) is 0 Å². The number of carboxylic acids is 1. The van der Waals surface area contributed by atoms with Crippen molar-refractivity contribution in [3.05, 3.63) is 29.3 Å². The summed E-state index contributed by atoms with van der Waals surface area (Å²) in [6.07, 6.45) is 0.219. The van der Waals surface area contributed by atoms with Crippen molar-refractivity contribution in [3.8, 4) is 5.75 Å². The average Bonchev–Trinajstić information content (AvgIpc) is 2.27. The molecule has 0 aliphatic heterocycles. The van der Waals surface area contributed by atoms with Gasteiger partial charge in [0.1, 0.15) is 11.8 Å². The summed E-state index contributed by atoms with van der Waals surface area (Å²) >= 11 is 3.93. The Hall–Kier alpha value is -1.69. The molecule has 1 unspecified atom stereocenters. The van der Waals surface area contributed by atoms with Gasteiger partial charge in [0.15, 0.2) is 0 Å². The summed E-state index contributed by atoms with van der Waals surface area (Å²) in [7, 11) is 0. The molecule has 0 heterocycles. The van der Waals surface area contributed by atoms with Gasteiger partial charge in [-0.2, -0.15) is 12.6 Å². The summed E-state index contributed by atoms with van der Waals surface area (Å²) in [6, 6.07) is 3.57. The van der Waals surface area contributed by atoms with Crippen LogP contribution in [0.4, 0.5) is 0 Å². The number of phenols is 1. The molecule has 18 heavy (non-hydrogen) atoms. The van der Waals surface area contributed by atoms with Crippen LogP contribution in [0, 0.1) is 6.92 Å². The molecule has 0 saturated heterocycles. The van der Waals surface area contributed by atoms with Crippen LogP contribution in [-0.2, 0) is 4.79 Å². The van der Waals surface area contributed by atoms with E-state index in [9.17, 15) is 14.7 Å². The third-order valence-corrected chi connectivity index (χ3v) is 2.68. The number of amides is 1. The van der Waals surface area contributed by atoms with E-state index in [2.05, 4.69) is 17.9 Å². The van der Waals surface area contributed by atoms with Gasteiger partial charge in [-0.05, 0) is 36.8 Å². The number of aliphatic carboxylic acids is 1. The average molecular weight is 269 g/mol. The maximum absolute atomic E-state index is 11.8. The second kappa shape index (κ2) is 6.30. The second-order valence-electron chi connectivity index (χ2n) is 3.90. The Morgan fingerprint density at radius 2 is 2.11 bits per heavy atom. The molecule has 98 valence electrons. The molecule has 0 saturated carbocycles. The lowest BCUT2D eigenvalue weighted by Crippen LogP contribution is -2.41. The van der Waals surface area contributed by atoms with Gasteiger partial charge in [-0.3, -0.25) is 4.79 Å². The number of hydrogen-bond acceptors (Lipinski definition) is 4. The molecule has 1 amide bonds. The smallest absolute Gasteiger partial charge is 0.326 e. The zero-order valence-corrected chi connectivity index (χ0v) is 10.8. The van der Waals surface area contributed by atoms with Crippen LogP contribution in [0.3, 0.4) is 0 Å². The SMILES string of the molecule is Cc1ccc(C(=O)NC(CCS)C(=O)O)c(O)c1. The summed E-state index contributed by atoms with van der Waals surface area (Å²) in [5, 5.41) is 20.9. The van der Waals surface area contributed by atoms with Crippen molar-refractivity contribution >= 4 is 24.5 Å². The standard InChI is InChI=1S/C12H15NO4S/c1-7-2-3-8(10(14)6-7)11(15)13-9(4-5-18)12(16)17/h2-3,6,9,14,18H,4-5H2,1H3,(H,13,15)(H,16,17). The molecule has 0 aliphatic carbocycles. The van der Waals surface area contributed by atoms with Crippen molar-refractivity contribution in [1.82, 2.24) is 5.32 Å². The Balaban J connectivity index is 2.83. The van der Waals surface area contributed by atoms with E-state index in [4.69, 9.17) is 5.11 Å². The van der Waals surface area contributed by atoms with Crippen LogP contribution in [0.15, 0.2) is 18.2 Å². The van der Waals surface area contributed by atoms with E-state index in [1.165, 1.54) is 12.1 Å². The lowest BCUT2D eigenvalue weighted by Gasteiger charge is -2.14. The highest BCUT2D eigenvalue weighted by atomic mass is 32.1. The minimum absolute atomic E-state index is 0.0611. The summed E-state index contributed by atoms with van der Waals surface area (Å²) in [5.41, 5.74) is 0.875. The van der Waals surface area contributed by atoms with E-state index in [1.807, 2.05) is 0 Å². The minimum atomic E-state index is -1.12. The quantitative estimate of drug-likeness (QED) is 0.605. The number of carbonyl (C=O) groups is 2. The lowest BCUT2D eigenvalue weighted by atomic mass is 10.1. The monoisotopic (exact) mass is 269 g/mol.